The maximum absolute atomic E-state index is 11.6. The highest BCUT2D eigenvalue weighted by Crippen LogP contribution is 2.30. The van der Waals surface area contributed by atoms with Crippen molar-refractivity contribution in [3.05, 3.63) is 24.3 Å². The predicted octanol–water partition coefficient (Wildman–Crippen LogP) is 1.41. The molecule has 0 amide bonds. The summed E-state index contributed by atoms with van der Waals surface area (Å²) in [6.45, 7) is 0.855. The van der Waals surface area contributed by atoms with Crippen LogP contribution < -0.4 is 10.6 Å². The maximum atomic E-state index is 11.6. The summed E-state index contributed by atoms with van der Waals surface area (Å²) in [4.78, 5) is 13.6. The molecule has 0 bridgehead atoms. The summed E-state index contributed by atoms with van der Waals surface area (Å²) < 4.78 is 4.80. The van der Waals surface area contributed by atoms with Crippen molar-refractivity contribution in [3.63, 3.8) is 0 Å². The molecule has 1 heterocycles. The van der Waals surface area contributed by atoms with Gasteiger partial charge in [0.2, 0.25) is 0 Å². The average Bonchev–Trinajstić information content (AvgIpc) is 2.77. The van der Waals surface area contributed by atoms with Crippen LogP contribution >= 0.6 is 0 Å². The maximum Gasteiger partial charge on any atom is 0.328 e. The Morgan fingerprint density at radius 2 is 2.25 bits per heavy atom. The fourth-order valence-electron chi connectivity index (χ4n) is 2.19. The number of nitrogens with two attached hydrogens (primary N) is 1. The third kappa shape index (κ3) is 1.83. The molecule has 1 aromatic rings. The number of benzene rings is 1. The van der Waals surface area contributed by atoms with E-state index >= 15 is 0 Å². The lowest BCUT2D eigenvalue weighted by Crippen LogP contribution is -2.37. The van der Waals surface area contributed by atoms with E-state index in [-0.39, 0.29) is 12.0 Å². The molecule has 0 spiro atoms. The molecule has 1 fully saturated rings. The molecule has 86 valence electrons. The molecule has 0 aliphatic carbocycles. The molecule has 2 N–H and O–H groups in total. The fourth-order valence-corrected chi connectivity index (χ4v) is 2.19. The zero-order valence-corrected chi connectivity index (χ0v) is 9.35. The Kier molecular flexibility index (Phi) is 2.99. The Morgan fingerprint density at radius 3 is 2.94 bits per heavy atom. The minimum atomic E-state index is -0.185. The van der Waals surface area contributed by atoms with Gasteiger partial charge in [0.1, 0.15) is 6.04 Å². The lowest BCUT2D eigenvalue weighted by atomic mass is 10.2. The van der Waals surface area contributed by atoms with E-state index in [0.717, 1.165) is 25.1 Å². The summed E-state index contributed by atoms with van der Waals surface area (Å²) in [6, 6.07) is 7.42. The van der Waals surface area contributed by atoms with Crippen LogP contribution in [0.1, 0.15) is 12.8 Å². The van der Waals surface area contributed by atoms with Crippen molar-refractivity contribution in [2.45, 2.75) is 18.9 Å². The molecule has 4 heteroatoms. The predicted molar refractivity (Wildman–Crippen MR) is 63.2 cm³/mol. The van der Waals surface area contributed by atoms with Crippen LogP contribution in [0.2, 0.25) is 0 Å². The average molecular weight is 220 g/mol. The molecule has 1 aliphatic rings. The minimum absolute atomic E-state index is 0.180. The van der Waals surface area contributed by atoms with E-state index in [1.54, 1.807) is 0 Å². The van der Waals surface area contributed by atoms with Crippen LogP contribution in [0.15, 0.2) is 24.3 Å². The van der Waals surface area contributed by atoms with Gasteiger partial charge in [-0.05, 0) is 25.0 Å². The van der Waals surface area contributed by atoms with Crippen LogP contribution in [0.3, 0.4) is 0 Å². The zero-order chi connectivity index (χ0) is 11.5. The van der Waals surface area contributed by atoms with Crippen molar-refractivity contribution in [3.8, 4) is 0 Å². The van der Waals surface area contributed by atoms with Crippen molar-refractivity contribution in [1.29, 1.82) is 0 Å². The number of methoxy groups -OCH3 is 1. The van der Waals surface area contributed by atoms with Crippen LogP contribution in [0.5, 0.6) is 0 Å². The van der Waals surface area contributed by atoms with Crippen LogP contribution in [-0.2, 0) is 9.53 Å². The van der Waals surface area contributed by atoms with Gasteiger partial charge in [-0.2, -0.15) is 0 Å². The minimum Gasteiger partial charge on any atom is -0.467 e. The quantitative estimate of drug-likeness (QED) is 0.605. The first-order valence-electron chi connectivity index (χ1n) is 5.43. The Balaban J connectivity index is 2.27. The summed E-state index contributed by atoms with van der Waals surface area (Å²) in [5.74, 6) is -0.180. The lowest BCUT2D eigenvalue weighted by Gasteiger charge is -2.25. The van der Waals surface area contributed by atoms with Crippen molar-refractivity contribution < 1.29 is 9.53 Å². The molecule has 0 aromatic heterocycles. The molecule has 2 rings (SSSR count). The topological polar surface area (TPSA) is 55.6 Å². The number of esters is 1. The molecule has 0 unspecified atom stereocenters. The SMILES string of the molecule is COC(=O)[C@@H]1CCCN1c1ccccc1N. The molecular weight excluding hydrogens is 204 g/mol. The largest absolute Gasteiger partial charge is 0.467 e. The van der Waals surface area contributed by atoms with Gasteiger partial charge in [-0.3, -0.25) is 0 Å². The Bertz CT molecular complexity index is 392. The van der Waals surface area contributed by atoms with E-state index < -0.39 is 0 Å². The number of carbonyl (C=O) groups excluding carboxylic acids is 1. The number of para-hydroxylation sites is 2. The zero-order valence-electron chi connectivity index (χ0n) is 9.35. The summed E-state index contributed by atoms with van der Waals surface area (Å²) in [6.07, 6.45) is 1.83. The second-order valence-electron chi connectivity index (χ2n) is 3.93. The van der Waals surface area contributed by atoms with Gasteiger partial charge in [0.05, 0.1) is 18.5 Å². The van der Waals surface area contributed by atoms with E-state index in [2.05, 4.69) is 0 Å². The number of hydrogen-bond acceptors (Lipinski definition) is 4. The Labute approximate surface area is 95.0 Å². The molecule has 4 nitrogen and oxygen atoms in total. The van der Waals surface area contributed by atoms with Gasteiger partial charge >= 0.3 is 5.97 Å². The van der Waals surface area contributed by atoms with E-state index in [1.165, 1.54) is 7.11 Å². The number of ether oxygens (including phenoxy) is 1. The molecule has 1 aliphatic heterocycles. The fraction of sp³-hybridized carbons (Fsp3) is 0.417. The number of carbonyl (C=O) groups is 1. The summed E-state index contributed by atoms with van der Waals surface area (Å²) in [5, 5.41) is 0. The highest BCUT2D eigenvalue weighted by molar-refractivity contribution is 5.83. The second kappa shape index (κ2) is 4.43. The van der Waals surface area contributed by atoms with Crippen LogP contribution in [-0.4, -0.2) is 25.7 Å². The number of nitrogens with zero attached hydrogens (tertiary/aromatic N) is 1. The normalized spacial score (nSPS) is 19.8. The summed E-state index contributed by atoms with van der Waals surface area (Å²) in [7, 11) is 1.42. The van der Waals surface area contributed by atoms with Crippen molar-refractivity contribution in [2.24, 2.45) is 0 Å². The number of nitrogen functional groups attached to an aromatic ring is 1. The first kappa shape index (κ1) is 10.8. The van der Waals surface area contributed by atoms with Crippen LogP contribution in [0, 0.1) is 0 Å². The molecular formula is C12H16N2O2. The van der Waals surface area contributed by atoms with E-state index in [0.29, 0.717) is 5.69 Å². The third-order valence-corrected chi connectivity index (χ3v) is 2.97. The molecule has 0 saturated carbocycles. The van der Waals surface area contributed by atoms with E-state index in [4.69, 9.17) is 10.5 Å². The van der Waals surface area contributed by atoms with Gasteiger partial charge in [-0.15, -0.1) is 0 Å². The van der Waals surface area contributed by atoms with E-state index in [1.807, 2.05) is 29.2 Å². The summed E-state index contributed by atoms with van der Waals surface area (Å²) >= 11 is 0. The number of rotatable bonds is 2. The molecule has 16 heavy (non-hydrogen) atoms. The van der Waals surface area contributed by atoms with Gasteiger partial charge in [-0.1, -0.05) is 12.1 Å². The van der Waals surface area contributed by atoms with Gasteiger partial charge in [0, 0.05) is 6.54 Å². The second-order valence-corrected chi connectivity index (χ2v) is 3.93. The Hall–Kier alpha value is -1.71. The highest BCUT2D eigenvalue weighted by atomic mass is 16.5. The lowest BCUT2D eigenvalue weighted by molar-refractivity contribution is -0.141. The van der Waals surface area contributed by atoms with Crippen LogP contribution in [0.4, 0.5) is 11.4 Å². The molecule has 1 saturated heterocycles. The Morgan fingerprint density at radius 1 is 1.50 bits per heavy atom. The summed E-state index contributed by atoms with van der Waals surface area (Å²) in [5.41, 5.74) is 7.54. The highest BCUT2D eigenvalue weighted by Gasteiger charge is 2.32. The monoisotopic (exact) mass is 220 g/mol. The first-order valence-corrected chi connectivity index (χ1v) is 5.43. The molecule has 1 aromatic carbocycles. The van der Waals surface area contributed by atoms with Gasteiger partial charge in [0.25, 0.3) is 0 Å². The van der Waals surface area contributed by atoms with Gasteiger partial charge in [0.15, 0.2) is 0 Å². The van der Waals surface area contributed by atoms with Crippen molar-refractivity contribution >= 4 is 17.3 Å². The first-order chi connectivity index (χ1) is 7.74. The van der Waals surface area contributed by atoms with Crippen molar-refractivity contribution in [2.75, 3.05) is 24.3 Å². The van der Waals surface area contributed by atoms with Crippen LogP contribution in [0.25, 0.3) is 0 Å². The smallest absolute Gasteiger partial charge is 0.328 e. The third-order valence-electron chi connectivity index (χ3n) is 2.97. The molecule has 0 radical (unpaired) electrons. The van der Waals surface area contributed by atoms with E-state index in [9.17, 15) is 4.79 Å². The number of hydrogen-bond donors (Lipinski definition) is 1. The molecule has 1 atom stereocenters. The number of anilines is 2. The van der Waals surface area contributed by atoms with Gasteiger partial charge in [-0.25, -0.2) is 4.79 Å². The van der Waals surface area contributed by atoms with Gasteiger partial charge < -0.3 is 15.4 Å². The standard InChI is InChI=1S/C12H16N2O2/c1-16-12(15)11-7-4-8-14(11)10-6-3-2-5-9(10)13/h2-3,5-6,11H,4,7-8,13H2,1H3/t11-/m0/s1. The van der Waals surface area contributed by atoms with Crippen molar-refractivity contribution in [1.82, 2.24) is 0 Å².